The number of carbonyl (C=O) groups excluding carboxylic acids is 1. The molecule has 0 aromatic carbocycles. The predicted molar refractivity (Wildman–Crippen MR) is 93.4 cm³/mol. The minimum atomic E-state index is -0.202. The Kier molecular flexibility index (Phi) is 4.58. The van der Waals surface area contributed by atoms with Crippen LogP contribution in [0.5, 0.6) is 0 Å². The average Bonchev–Trinajstić information content (AvgIpc) is 3.21. The minimum Gasteiger partial charge on any atom is -0.378 e. The molecule has 1 aromatic rings. The molecule has 0 radical (unpaired) electrons. The molecule has 2 heterocycles. The number of hydrogen-bond donors (Lipinski definition) is 0. The second-order valence-electron chi connectivity index (χ2n) is 7.74. The highest BCUT2D eigenvalue weighted by Crippen LogP contribution is 2.44. The van der Waals surface area contributed by atoms with E-state index in [2.05, 4.69) is 5.10 Å². The van der Waals surface area contributed by atoms with Gasteiger partial charge in [0.05, 0.1) is 17.7 Å². The van der Waals surface area contributed by atoms with Crippen LogP contribution in [-0.2, 0) is 16.0 Å². The lowest BCUT2D eigenvalue weighted by Crippen LogP contribution is -2.53. The van der Waals surface area contributed by atoms with Gasteiger partial charge in [0.2, 0.25) is 0 Å². The van der Waals surface area contributed by atoms with Crippen molar-refractivity contribution in [2.75, 3.05) is 20.3 Å². The Hall–Kier alpha value is -1.40. The molecule has 25 heavy (non-hydrogen) atoms. The lowest BCUT2D eigenvalue weighted by atomic mass is 9.79. The van der Waals surface area contributed by atoms with Gasteiger partial charge in [-0.15, -0.1) is 0 Å². The van der Waals surface area contributed by atoms with Gasteiger partial charge >= 0.3 is 0 Å². The summed E-state index contributed by atoms with van der Waals surface area (Å²) in [5.74, 6) is 0.848. The Balaban J connectivity index is 1.51. The molecule has 0 bridgehead atoms. The molecule has 3 aliphatic rings. The Morgan fingerprint density at radius 2 is 2.20 bits per heavy atom. The lowest BCUT2D eigenvalue weighted by molar-refractivity contribution is -0.0977. The van der Waals surface area contributed by atoms with Gasteiger partial charge in [-0.2, -0.15) is 5.10 Å². The minimum absolute atomic E-state index is 0.0751. The van der Waals surface area contributed by atoms with E-state index in [1.807, 2.05) is 17.9 Å². The topological polar surface area (TPSA) is 56.6 Å². The van der Waals surface area contributed by atoms with Crippen LogP contribution in [0.25, 0.3) is 0 Å². The fraction of sp³-hybridized carbons (Fsp3) is 0.789. The van der Waals surface area contributed by atoms with Crippen molar-refractivity contribution in [3.63, 3.8) is 0 Å². The van der Waals surface area contributed by atoms with Crippen LogP contribution < -0.4 is 0 Å². The summed E-state index contributed by atoms with van der Waals surface area (Å²) in [6.45, 7) is 4.35. The van der Waals surface area contributed by atoms with Gasteiger partial charge in [0.15, 0.2) is 0 Å². The van der Waals surface area contributed by atoms with Crippen LogP contribution in [0.15, 0.2) is 12.3 Å². The Labute approximate surface area is 149 Å². The maximum Gasteiger partial charge on any atom is 0.272 e. The summed E-state index contributed by atoms with van der Waals surface area (Å²) in [5.41, 5.74) is 0.474. The van der Waals surface area contributed by atoms with Gasteiger partial charge in [-0.1, -0.05) is 0 Å². The van der Waals surface area contributed by atoms with Crippen molar-refractivity contribution in [3.05, 3.63) is 18.0 Å². The summed E-state index contributed by atoms with van der Waals surface area (Å²) in [4.78, 5) is 15.2. The second kappa shape index (κ2) is 6.72. The SMILES string of the molecule is CCn1nccc1C(=O)N1CC[C@@]2(OC)CC[C@@H](OCC3CC3)C[C@@H]12. The van der Waals surface area contributed by atoms with E-state index in [1.54, 1.807) is 18.0 Å². The molecule has 3 atom stereocenters. The fourth-order valence-corrected chi connectivity index (χ4v) is 4.53. The van der Waals surface area contributed by atoms with Crippen LogP contribution in [0.2, 0.25) is 0 Å². The molecule has 2 saturated carbocycles. The summed E-state index contributed by atoms with van der Waals surface area (Å²) >= 11 is 0. The first kappa shape index (κ1) is 17.0. The Bertz CT molecular complexity index is 627. The Morgan fingerprint density at radius 3 is 2.92 bits per heavy atom. The van der Waals surface area contributed by atoms with Crippen molar-refractivity contribution >= 4 is 5.91 Å². The van der Waals surface area contributed by atoms with Gasteiger partial charge < -0.3 is 14.4 Å². The van der Waals surface area contributed by atoms with E-state index in [1.165, 1.54) is 12.8 Å². The van der Waals surface area contributed by atoms with Gasteiger partial charge in [-0.05, 0) is 57.4 Å². The van der Waals surface area contributed by atoms with Crippen molar-refractivity contribution < 1.29 is 14.3 Å². The number of carbonyl (C=O) groups is 1. The third-order valence-electron chi connectivity index (χ3n) is 6.30. The van der Waals surface area contributed by atoms with E-state index in [-0.39, 0.29) is 23.7 Å². The van der Waals surface area contributed by atoms with E-state index in [9.17, 15) is 4.79 Å². The number of aromatic nitrogens is 2. The number of nitrogens with zero attached hydrogens (tertiary/aromatic N) is 3. The van der Waals surface area contributed by atoms with Crippen molar-refractivity contribution in [3.8, 4) is 0 Å². The smallest absolute Gasteiger partial charge is 0.272 e. The molecule has 2 aliphatic carbocycles. The molecule has 1 aliphatic heterocycles. The quantitative estimate of drug-likeness (QED) is 0.793. The maximum atomic E-state index is 13.2. The fourth-order valence-electron chi connectivity index (χ4n) is 4.53. The molecule has 6 nitrogen and oxygen atoms in total. The highest BCUT2D eigenvalue weighted by molar-refractivity contribution is 5.93. The van der Waals surface area contributed by atoms with Crippen LogP contribution in [-0.4, -0.2) is 58.6 Å². The number of ether oxygens (including phenoxy) is 2. The molecular formula is C19H29N3O3. The zero-order valence-corrected chi connectivity index (χ0v) is 15.3. The number of likely N-dealkylation sites (tertiary alicyclic amines) is 1. The van der Waals surface area contributed by atoms with Gasteiger partial charge in [-0.3, -0.25) is 9.48 Å². The largest absolute Gasteiger partial charge is 0.378 e. The summed E-state index contributed by atoms with van der Waals surface area (Å²) in [5, 5.41) is 4.25. The summed E-state index contributed by atoms with van der Waals surface area (Å²) < 4.78 is 13.9. The number of methoxy groups -OCH3 is 1. The standard InChI is InChI=1S/C19H29N3O3/c1-3-22-16(7-10-20-22)18(23)21-11-9-19(24-2)8-6-15(12-17(19)21)25-13-14-4-5-14/h7,10,14-15,17H,3-6,8-9,11-13H2,1-2H3/t15-,17-,19+/m1/s1. The summed E-state index contributed by atoms with van der Waals surface area (Å²) in [7, 11) is 1.79. The number of aryl methyl sites for hydroxylation is 1. The van der Waals surface area contributed by atoms with Gasteiger partial charge in [0.25, 0.3) is 5.91 Å². The van der Waals surface area contributed by atoms with Gasteiger partial charge in [0, 0.05) is 33.0 Å². The molecule has 0 spiro atoms. The maximum absolute atomic E-state index is 13.2. The van der Waals surface area contributed by atoms with E-state index in [0.29, 0.717) is 12.2 Å². The normalized spacial score (nSPS) is 32.0. The zero-order valence-electron chi connectivity index (χ0n) is 15.3. The molecule has 0 unspecified atom stereocenters. The molecule has 1 amide bonds. The molecule has 0 N–H and O–H groups in total. The molecule has 3 fully saturated rings. The molecule has 4 rings (SSSR count). The number of fused-ring (bicyclic) bond motifs is 1. The van der Waals surface area contributed by atoms with Crippen molar-refractivity contribution in [1.82, 2.24) is 14.7 Å². The van der Waals surface area contributed by atoms with E-state index in [4.69, 9.17) is 9.47 Å². The first-order valence-electron chi connectivity index (χ1n) is 9.66. The molecule has 138 valence electrons. The number of amides is 1. The summed E-state index contributed by atoms with van der Waals surface area (Å²) in [6.07, 6.45) is 8.37. The van der Waals surface area contributed by atoms with Crippen molar-refractivity contribution in [2.45, 2.75) is 69.7 Å². The van der Waals surface area contributed by atoms with E-state index in [0.717, 1.165) is 44.8 Å². The molecule has 1 aromatic heterocycles. The third kappa shape index (κ3) is 3.10. The first-order chi connectivity index (χ1) is 12.2. The highest BCUT2D eigenvalue weighted by atomic mass is 16.5. The average molecular weight is 347 g/mol. The monoisotopic (exact) mass is 347 g/mol. The van der Waals surface area contributed by atoms with Gasteiger partial charge in [-0.25, -0.2) is 0 Å². The van der Waals surface area contributed by atoms with Crippen molar-refractivity contribution in [1.29, 1.82) is 0 Å². The predicted octanol–water partition coefficient (Wildman–Crippen LogP) is 2.48. The van der Waals surface area contributed by atoms with Crippen LogP contribution in [0.4, 0.5) is 0 Å². The van der Waals surface area contributed by atoms with Crippen molar-refractivity contribution in [2.24, 2.45) is 5.92 Å². The van der Waals surface area contributed by atoms with Crippen LogP contribution in [0.1, 0.15) is 55.9 Å². The molecule has 1 saturated heterocycles. The Morgan fingerprint density at radius 1 is 1.36 bits per heavy atom. The van der Waals surface area contributed by atoms with E-state index >= 15 is 0 Å². The number of hydrogen-bond acceptors (Lipinski definition) is 4. The highest BCUT2D eigenvalue weighted by Gasteiger charge is 2.53. The molecule has 6 heteroatoms. The van der Waals surface area contributed by atoms with Gasteiger partial charge in [0.1, 0.15) is 5.69 Å². The number of rotatable bonds is 6. The van der Waals surface area contributed by atoms with E-state index < -0.39 is 0 Å². The zero-order chi connectivity index (χ0) is 17.4. The molecular weight excluding hydrogens is 318 g/mol. The summed E-state index contributed by atoms with van der Waals surface area (Å²) in [6, 6.07) is 1.92. The van der Waals surface area contributed by atoms with Crippen LogP contribution >= 0.6 is 0 Å². The third-order valence-corrected chi connectivity index (χ3v) is 6.30. The lowest BCUT2D eigenvalue weighted by Gasteiger charge is -2.43. The second-order valence-corrected chi connectivity index (χ2v) is 7.74. The van der Waals surface area contributed by atoms with Crippen LogP contribution in [0.3, 0.4) is 0 Å². The first-order valence-corrected chi connectivity index (χ1v) is 9.66. The van der Waals surface area contributed by atoms with Crippen LogP contribution in [0, 0.1) is 5.92 Å².